The van der Waals surface area contributed by atoms with Crippen molar-refractivity contribution in [3.63, 3.8) is 0 Å². The van der Waals surface area contributed by atoms with E-state index in [2.05, 4.69) is 10.2 Å². The third kappa shape index (κ3) is 4.36. The van der Waals surface area contributed by atoms with Crippen LogP contribution in [-0.2, 0) is 0 Å². The zero-order chi connectivity index (χ0) is 27.1. The molecular weight excluding hydrogens is 529 g/mol. The fraction of sp³-hybridized carbons (Fsp3) is 0.111. The van der Waals surface area contributed by atoms with Crippen LogP contribution in [0.25, 0.3) is 11.4 Å². The maximum atomic E-state index is 13.9. The number of nitrogens with zero attached hydrogens (tertiary/aromatic N) is 3. The molecule has 0 saturated carbocycles. The highest BCUT2D eigenvalue weighted by atomic mass is 35.5. The normalized spacial score (nSPS) is 11.3. The Morgan fingerprint density at radius 3 is 1.58 bits per heavy atom. The SMILES string of the molecule is Cc1[nH]n(-c2ccc(Cl)cc2)c(=O)c1C(c1ccccc1[N+](=O)[O-])c1c(C)[nH]n(-c2ccc(Cl)cc2)c1=O. The lowest BCUT2D eigenvalue weighted by Crippen LogP contribution is -2.25. The number of hydrogen-bond donors (Lipinski definition) is 2. The van der Waals surface area contributed by atoms with E-state index in [0.29, 0.717) is 32.8 Å². The van der Waals surface area contributed by atoms with Crippen molar-refractivity contribution in [1.29, 1.82) is 0 Å². The van der Waals surface area contributed by atoms with Crippen molar-refractivity contribution < 1.29 is 4.92 Å². The van der Waals surface area contributed by atoms with Gasteiger partial charge in [-0.25, -0.2) is 9.36 Å². The fourth-order valence-electron chi connectivity index (χ4n) is 4.70. The lowest BCUT2D eigenvalue weighted by atomic mass is 9.84. The van der Waals surface area contributed by atoms with Gasteiger partial charge >= 0.3 is 0 Å². The Bertz CT molecular complexity index is 1680. The van der Waals surface area contributed by atoms with Crippen LogP contribution in [0.1, 0.15) is 34.0 Å². The number of hydrogen-bond acceptors (Lipinski definition) is 4. The van der Waals surface area contributed by atoms with Gasteiger partial charge in [0.05, 0.1) is 33.3 Å². The summed E-state index contributed by atoms with van der Waals surface area (Å²) in [5.41, 5.74) is 1.57. The minimum atomic E-state index is -1.04. The largest absolute Gasteiger partial charge is 0.295 e. The molecule has 0 radical (unpaired) electrons. The van der Waals surface area contributed by atoms with E-state index < -0.39 is 22.0 Å². The molecule has 11 heteroatoms. The van der Waals surface area contributed by atoms with E-state index in [1.54, 1.807) is 80.6 Å². The Hall–Kier alpha value is -4.34. The van der Waals surface area contributed by atoms with E-state index in [-0.39, 0.29) is 22.4 Å². The van der Waals surface area contributed by atoms with Crippen LogP contribution in [0.15, 0.2) is 82.4 Å². The molecule has 0 saturated heterocycles. The van der Waals surface area contributed by atoms with Crippen molar-refractivity contribution in [2.75, 3.05) is 0 Å². The fourth-order valence-corrected chi connectivity index (χ4v) is 4.95. The molecule has 0 atom stereocenters. The summed E-state index contributed by atoms with van der Waals surface area (Å²) in [6.07, 6.45) is 0. The molecule has 0 spiro atoms. The number of H-pyrrole nitrogens is 2. The number of aryl methyl sites for hydroxylation is 2. The molecule has 38 heavy (non-hydrogen) atoms. The molecule has 192 valence electrons. The summed E-state index contributed by atoms with van der Waals surface area (Å²) >= 11 is 12.0. The van der Waals surface area contributed by atoms with E-state index in [9.17, 15) is 19.7 Å². The monoisotopic (exact) mass is 549 g/mol. The zero-order valence-electron chi connectivity index (χ0n) is 20.2. The summed E-state index contributed by atoms with van der Waals surface area (Å²) in [6.45, 7) is 3.40. The van der Waals surface area contributed by atoms with E-state index in [4.69, 9.17) is 23.2 Å². The minimum Gasteiger partial charge on any atom is -0.295 e. The minimum absolute atomic E-state index is 0.200. The first-order valence-electron chi connectivity index (χ1n) is 11.6. The third-order valence-electron chi connectivity index (χ3n) is 6.43. The summed E-state index contributed by atoms with van der Waals surface area (Å²) in [7, 11) is 0. The molecule has 0 unspecified atom stereocenters. The Morgan fingerprint density at radius 1 is 0.737 bits per heavy atom. The molecule has 5 rings (SSSR count). The Morgan fingerprint density at radius 2 is 1.16 bits per heavy atom. The molecule has 5 aromatic rings. The maximum absolute atomic E-state index is 13.9. The number of nitro benzene ring substituents is 1. The van der Waals surface area contributed by atoms with Gasteiger partial charge in [-0.15, -0.1) is 0 Å². The van der Waals surface area contributed by atoms with Crippen LogP contribution in [0.5, 0.6) is 0 Å². The van der Waals surface area contributed by atoms with Crippen LogP contribution in [0, 0.1) is 24.0 Å². The van der Waals surface area contributed by atoms with Crippen molar-refractivity contribution in [1.82, 2.24) is 19.6 Å². The van der Waals surface area contributed by atoms with Gasteiger partial charge in [0.25, 0.3) is 16.8 Å². The number of rotatable bonds is 6. The van der Waals surface area contributed by atoms with Crippen LogP contribution in [0.2, 0.25) is 10.0 Å². The predicted molar refractivity (Wildman–Crippen MR) is 146 cm³/mol. The molecule has 0 aliphatic rings. The molecule has 3 aromatic carbocycles. The quantitative estimate of drug-likeness (QED) is 0.210. The molecule has 2 N–H and O–H groups in total. The van der Waals surface area contributed by atoms with Gasteiger partial charge in [-0.2, -0.15) is 0 Å². The molecule has 0 aliphatic heterocycles. The van der Waals surface area contributed by atoms with Gasteiger partial charge in [-0.05, 0) is 62.4 Å². The molecule has 0 amide bonds. The highest BCUT2D eigenvalue weighted by molar-refractivity contribution is 6.30. The number of nitro groups is 1. The average molecular weight is 550 g/mol. The topological polar surface area (TPSA) is 119 Å². The van der Waals surface area contributed by atoms with Crippen molar-refractivity contribution in [2.24, 2.45) is 0 Å². The standard InChI is InChI=1S/C27H21Cl2N5O4/c1-15-23(26(35)32(30-15)19-11-7-17(28)8-12-19)25(21-5-3-4-6-22(21)34(37)38)24-16(2)31-33(27(24)36)20-13-9-18(29)10-14-20/h3-14,25,30-31H,1-2H3. The Kier molecular flexibility index (Phi) is 6.56. The second-order valence-corrected chi connectivity index (χ2v) is 9.66. The first kappa shape index (κ1) is 25.3. The highest BCUT2D eigenvalue weighted by Gasteiger charge is 2.34. The van der Waals surface area contributed by atoms with Crippen LogP contribution >= 0.6 is 23.2 Å². The second kappa shape index (κ2) is 9.85. The zero-order valence-corrected chi connectivity index (χ0v) is 21.7. The van der Waals surface area contributed by atoms with Crippen LogP contribution < -0.4 is 11.1 Å². The van der Waals surface area contributed by atoms with Gasteiger partial charge in [0.15, 0.2) is 0 Å². The molecular formula is C27H21Cl2N5O4. The summed E-state index contributed by atoms with van der Waals surface area (Å²) in [4.78, 5) is 39.3. The molecule has 2 aromatic heterocycles. The van der Waals surface area contributed by atoms with Gasteiger partial charge in [0, 0.05) is 33.1 Å². The smallest absolute Gasteiger partial charge is 0.275 e. The maximum Gasteiger partial charge on any atom is 0.275 e. The number of aromatic nitrogens is 4. The first-order chi connectivity index (χ1) is 18.2. The Labute approximate surface area is 226 Å². The van der Waals surface area contributed by atoms with Crippen LogP contribution in [-0.4, -0.2) is 24.5 Å². The first-order valence-corrected chi connectivity index (χ1v) is 12.3. The van der Waals surface area contributed by atoms with Gasteiger partial charge in [0.2, 0.25) is 0 Å². The van der Waals surface area contributed by atoms with Crippen molar-refractivity contribution >= 4 is 28.9 Å². The summed E-state index contributed by atoms with van der Waals surface area (Å²) in [5, 5.41) is 19.2. The molecule has 2 heterocycles. The highest BCUT2D eigenvalue weighted by Crippen LogP contribution is 2.37. The lowest BCUT2D eigenvalue weighted by molar-refractivity contribution is -0.385. The van der Waals surface area contributed by atoms with E-state index in [1.165, 1.54) is 15.4 Å². The third-order valence-corrected chi connectivity index (χ3v) is 6.93. The summed E-state index contributed by atoms with van der Waals surface area (Å²) in [5.74, 6) is -1.04. The number of nitrogens with one attached hydrogen (secondary N) is 2. The molecule has 9 nitrogen and oxygen atoms in total. The van der Waals surface area contributed by atoms with Gasteiger partial charge in [-0.1, -0.05) is 41.4 Å². The Balaban J connectivity index is 1.80. The lowest BCUT2D eigenvalue weighted by Gasteiger charge is -2.16. The van der Waals surface area contributed by atoms with Crippen molar-refractivity contribution in [3.05, 3.63) is 142 Å². The number of benzene rings is 3. The average Bonchev–Trinajstić information content (AvgIpc) is 3.36. The van der Waals surface area contributed by atoms with Gasteiger partial charge < -0.3 is 0 Å². The number of aromatic amines is 2. The van der Waals surface area contributed by atoms with Crippen molar-refractivity contribution in [2.45, 2.75) is 19.8 Å². The number of halogens is 2. The van der Waals surface area contributed by atoms with Crippen LogP contribution in [0.3, 0.4) is 0 Å². The number of para-hydroxylation sites is 1. The van der Waals surface area contributed by atoms with Crippen LogP contribution in [0.4, 0.5) is 5.69 Å². The van der Waals surface area contributed by atoms with E-state index in [1.807, 2.05) is 0 Å². The second-order valence-electron chi connectivity index (χ2n) is 8.78. The molecule has 0 aliphatic carbocycles. The van der Waals surface area contributed by atoms with E-state index in [0.717, 1.165) is 0 Å². The molecule has 0 bridgehead atoms. The van der Waals surface area contributed by atoms with Gasteiger partial charge in [0.1, 0.15) is 0 Å². The van der Waals surface area contributed by atoms with E-state index >= 15 is 0 Å². The van der Waals surface area contributed by atoms with Crippen molar-refractivity contribution in [3.8, 4) is 11.4 Å². The summed E-state index contributed by atoms with van der Waals surface area (Å²) in [6, 6.07) is 19.5. The summed E-state index contributed by atoms with van der Waals surface area (Å²) < 4.78 is 2.67. The predicted octanol–water partition coefficient (Wildman–Crippen LogP) is 5.66. The molecule has 0 fully saturated rings. The van der Waals surface area contributed by atoms with Gasteiger partial charge in [-0.3, -0.25) is 29.9 Å².